The molecule has 0 unspecified atom stereocenters. The van der Waals surface area contributed by atoms with Gasteiger partial charge in [0, 0.05) is 37.3 Å². The molecular weight excluding hydrogens is 357 g/mol. The standard InChI is InChI=1S/C22H22FN3O2/c23-19-8-3-4-9-20(19)25-10-5-11-26(13-12-25)21(27)15-17-14-16-6-1-2-7-18(16)22(28)24-17/h1-4,6-9,14H,5,10-13,15H2,(H,24,28). The number of carbonyl (C=O) groups excluding carboxylic acids is 1. The number of para-hydroxylation sites is 1. The second kappa shape index (κ2) is 7.84. The number of nitrogens with one attached hydrogen (secondary N) is 1. The van der Waals surface area contributed by atoms with Crippen LogP contribution < -0.4 is 10.5 Å². The lowest BCUT2D eigenvalue weighted by Gasteiger charge is -2.24. The highest BCUT2D eigenvalue weighted by Crippen LogP contribution is 2.20. The van der Waals surface area contributed by atoms with Crippen molar-refractivity contribution in [1.29, 1.82) is 0 Å². The van der Waals surface area contributed by atoms with Crippen LogP contribution in [0.3, 0.4) is 0 Å². The van der Waals surface area contributed by atoms with E-state index in [1.54, 1.807) is 23.1 Å². The lowest BCUT2D eigenvalue weighted by Crippen LogP contribution is -2.36. The lowest BCUT2D eigenvalue weighted by molar-refractivity contribution is -0.130. The third-order valence-electron chi connectivity index (χ3n) is 5.19. The van der Waals surface area contributed by atoms with E-state index in [4.69, 9.17) is 0 Å². The molecule has 0 bridgehead atoms. The predicted molar refractivity (Wildman–Crippen MR) is 108 cm³/mol. The van der Waals surface area contributed by atoms with Crippen molar-refractivity contribution >= 4 is 22.4 Å². The Bertz CT molecular complexity index is 1060. The van der Waals surface area contributed by atoms with E-state index >= 15 is 0 Å². The van der Waals surface area contributed by atoms with Gasteiger partial charge in [-0.2, -0.15) is 0 Å². The summed E-state index contributed by atoms with van der Waals surface area (Å²) in [4.78, 5) is 31.6. The number of H-pyrrole nitrogens is 1. The molecule has 0 spiro atoms. The molecule has 1 saturated heterocycles. The second-order valence-corrected chi connectivity index (χ2v) is 7.06. The maximum atomic E-state index is 14.1. The number of halogens is 1. The molecule has 1 aliphatic rings. The summed E-state index contributed by atoms with van der Waals surface area (Å²) in [5.41, 5.74) is 1.02. The molecule has 1 aromatic heterocycles. The molecule has 0 radical (unpaired) electrons. The molecule has 1 N–H and O–H groups in total. The number of aromatic amines is 1. The highest BCUT2D eigenvalue weighted by molar-refractivity contribution is 5.84. The number of carbonyl (C=O) groups is 1. The van der Waals surface area contributed by atoms with Crippen LogP contribution in [-0.2, 0) is 11.2 Å². The number of nitrogens with zero attached hydrogens (tertiary/aromatic N) is 2. The van der Waals surface area contributed by atoms with Gasteiger partial charge in [-0.1, -0.05) is 30.3 Å². The van der Waals surface area contributed by atoms with Gasteiger partial charge in [-0.05, 0) is 36.1 Å². The summed E-state index contributed by atoms with van der Waals surface area (Å²) in [7, 11) is 0. The van der Waals surface area contributed by atoms with Gasteiger partial charge in [0.1, 0.15) is 5.82 Å². The van der Waals surface area contributed by atoms with Crippen LogP contribution >= 0.6 is 0 Å². The fourth-order valence-corrected chi connectivity index (χ4v) is 3.75. The minimum atomic E-state index is -0.240. The predicted octanol–water partition coefficient (Wildman–Crippen LogP) is 2.95. The first-order valence-corrected chi connectivity index (χ1v) is 9.50. The normalized spacial score (nSPS) is 14.9. The quantitative estimate of drug-likeness (QED) is 0.761. The van der Waals surface area contributed by atoms with Gasteiger partial charge < -0.3 is 14.8 Å². The van der Waals surface area contributed by atoms with Crippen molar-refractivity contribution in [1.82, 2.24) is 9.88 Å². The van der Waals surface area contributed by atoms with Gasteiger partial charge in [-0.15, -0.1) is 0 Å². The first kappa shape index (κ1) is 18.2. The van der Waals surface area contributed by atoms with E-state index in [9.17, 15) is 14.0 Å². The summed E-state index contributed by atoms with van der Waals surface area (Å²) in [5.74, 6) is -0.266. The fraction of sp³-hybridized carbons (Fsp3) is 0.273. The van der Waals surface area contributed by atoms with Crippen molar-refractivity contribution in [3.63, 3.8) is 0 Å². The molecule has 5 nitrogen and oxygen atoms in total. The summed E-state index contributed by atoms with van der Waals surface area (Å²) >= 11 is 0. The Hall–Kier alpha value is -3.15. The zero-order chi connectivity index (χ0) is 19.5. The minimum Gasteiger partial charge on any atom is -0.367 e. The summed E-state index contributed by atoms with van der Waals surface area (Å²) in [6.07, 6.45) is 0.925. The number of rotatable bonds is 3. The molecule has 144 valence electrons. The molecule has 1 aliphatic heterocycles. The molecule has 3 aromatic rings. The number of fused-ring (bicyclic) bond motifs is 1. The summed E-state index contributed by atoms with van der Waals surface area (Å²) in [6, 6.07) is 15.9. The van der Waals surface area contributed by atoms with Crippen LogP contribution in [0.15, 0.2) is 59.4 Å². The third kappa shape index (κ3) is 3.76. The van der Waals surface area contributed by atoms with E-state index in [2.05, 4.69) is 4.98 Å². The van der Waals surface area contributed by atoms with E-state index in [1.165, 1.54) is 6.07 Å². The van der Waals surface area contributed by atoms with Crippen LogP contribution in [-0.4, -0.2) is 42.0 Å². The van der Waals surface area contributed by atoms with Gasteiger partial charge >= 0.3 is 0 Å². The molecule has 1 fully saturated rings. The lowest BCUT2D eigenvalue weighted by atomic mass is 10.1. The highest BCUT2D eigenvalue weighted by atomic mass is 19.1. The number of aromatic nitrogens is 1. The van der Waals surface area contributed by atoms with Crippen molar-refractivity contribution in [2.24, 2.45) is 0 Å². The molecule has 6 heteroatoms. The molecular formula is C22H22FN3O2. The average molecular weight is 379 g/mol. The molecule has 0 atom stereocenters. The second-order valence-electron chi connectivity index (χ2n) is 7.06. The van der Waals surface area contributed by atoms with E-state index < -0.39 is 0 Å². The Morgan fingerprint density at radius 2 is 1.79 bits per heavy atom. The largest absolute Gasteiger partial charge is 0.367 e. The van der Waals surface area contributed by atoms with Crippen LogP contribution in [0.4, 0.5) is 10.1 Å². The van der Waals surface area contributed by atoms with Crippen molar-refractivity contribution in [2.75, 3.05) is 31.1 Å². The topological polar surface area (TPSA) is 56.4 Å². The Labute approximate surface area is 162 Å². The molecule has 28 heavy (non-hydrogen) atoms. The summed E-state index contributed by atoms with van der Waals surface area (Å²) < 4.78 is 14.1. The van der Waals surface area contributed by atoms with E-state index in [-0.39, 0.29) is 23.7 Å². The van der Waals surface area contributed by atoms with Crippen LogP contribution in [0.25, 0.3) is 10.8 Å². The number of hydrogen-bond donors (Lipinski definition) is 1. The summed E-state index contributed by atoms with van der Waals surface area (Å²) in [6.45, 7) is 2.45. The Kier molecular flexibility index (Phi) is 5.10. The van der Waals surface area contributed by atoms with E-state index in [0.29, 0.717) is 42.9 Å². The van der Waals surface area contributed by atoms with Crippen molar-refractivity contribution < 1.29 is 9.18 Å². The van der Waals surface area contributed by atoms with E-state index in [0.717, 1.165) is 11.8 Å². The maximum absolute atomic E-state index is 14.1. The SMILES string of the molecule is O=C(Cc1cc2ccccc2c(=O)[nH]1)N1CCCN(c2ccccc2F)CC1. The monoisotopic (exact) mass is 379 g/mol. The molecule has 4 rings (SSSR count). The highest BCUT2D eigenvalue weighted by Gasteiger charge is 2.21. The van der Waals surface area contributed by atoms with Crippen LogP contribution in [0.5, 0.6) is 0 Å². The smallest absolute Gasteiger partial charge is 0.256 e. The minimum absolute atomic E-state index is 0.0266. The maximum Gasteiger partial charge on any atom is 0.256 e. The first-order chi connectivity index (χ1) is 13.6. The molecule has 2 heterocycles. The van der Waals surface area contributed by atoms with E-state index in [1.807, 2.05) is 35.2 Å². The zero-order valence-corrected chi connectivity index (χ0v) is 15.5. The first-order valence-electron chi connectivity index (χ1n) is 9.50. The fourth-order valence-electron chi connectivity index (χ4n) is 3.75. The number of pyridine rings is 1. The van der Waals surface area contributed by atoms with Crippen molar-refractivity contribution in [3.05, 3.63) is 76.5 Å². The van der Waals surface area contributed by atoms with Crippen molar-refractivity contribution in [2.45, 2.75) is 12.8 Å². The molecule has 2 aromatic carbocycles. The van der Waals surface area contributed by atoms with Gasteiger partial charge in [0.05, 0.1) is 12.1 Å². The average Bonchev–Trinajstić information content (AvgIpc) is 2.95. The van der Waals surface area contributed by atoms with Gasteiger partial charge in [0.15, 0.2) is 0 Å². The van der Waals surface area contributed by atoms with Crippen LogP contribution in [0.2, 0.25) is 0 Å². The van der Waals surface area contributed by atoms with Gasteiger partial charge in [-0.3, -0.25) is 9.59 Å². The number of benzene rings is 2. The number of anilines is 1. The van der Waals surface area contributed by atoms with Crippen LogP contribution in [0.1, 0.15) is 12.1 Å². The molecule has 1 amide bonds. The number of hydrogen-bond acceptors (Lipinski definition) is 3. The summed E-state index contributed by atoms with van der Waals surface area (Å²) in [5, 5.41) is 1.45. The van der Waals surface area contributed by atoms with Gasteiger partial charge in [-0.25, -0.2) is 4.39 Å². The Morgan fingerprint density at radius 3 is 2.64 bits per heavy atom. The Balaban J connectivity index is 1.46. The third-order valence-corrected chi connectivity index (χ3v) is 5.19. The zero-order valence-electron chi connectivity index (χ0n) is 15.5. The van der Waals surface area contributed by atoms with Gasteiger partial charge in [0.25, 0.3) is 5.56 Å². The Morgan fingerprint density at radius 1 is 1.00 bits per heavy atom. The molecule has 0 saturated carbocycles. The van der Waals surface area contributed by atoms with Gasteiger partial charge in [0.2, 0.25) is 5.91 Å². The number of amides is 1. The molecule has 0 aliphatic carbocycles. The van der Waals surface area contributed by atoms with Crippen LogP contribution in [0, 0.1) is 5.82 Å². The van der Waals surface area contributed by atoms with Crippen molar-refractivity contribution in [3.8, 4) is 0 Å².